The van der Waals surface area contributed by atoms with Crippen LogP contribution >= 0.6 is 22.9 Å². The van der Waals surface area contributed by atoms with Gasteiger partial charge >= 0.3 is 5.97 Å². The van der Waals surface area contributed by atoms with Crippen LogP contribution in [0, 0.1) is 0 Å². The van der Waals surface area contributed by atoms with E-state index >= 15 is 0 Å². The molecule has 0 unspecified atom stereocenters. The molecule has 9 heteroatoms. The largest absolute Gasteiger partial charge is 0.453 e. The molecule has 2 aromatic rings. The van der Waals surface area contributed by atoms with Crippen molar-refractivity contribution in [2.45, 2.75) is 6.61 Å². The van der Waals surface area contributed by atoms with Gasteiger partial charge in [0.25, 0.3) is 0 Å². The molecule has 0 fully saturated rings. The number of esters is 1. The highest BCUT2D eigenvalue weighted by atomic mass is 35.5. The first-order chi connectivity index (χ1) is 8.54. The highest BCUT2D eigenvalue weighted by Crippen LogP contribution is 2.22. The summed E-state index contributed by atoms with van der Waals surface area (Å²) in [6.07, 6.45) is 0. The van der Waals surface area contributed by atoms with Gasteiger partial charge in [0.1, 0.15) is 4.88 Å². The molecule has 4 N–H and O–H groups in total. The fourth-order valence-corrected chi connectivity index (χ4v) is 2.08. The normalized spacial score (nSPS) is 10.3. The van der Waals surface area contributed by atoms with Crippen molar-refractivity contribution >= 4 is 40.8 Å². The Morgan fingerprint density at radius 1 is 1.28 bits per heavy atom. The topological polar surface area (TPSA) is 117 Å². The van der Waals surface area contributed by atoms with Crippen LogP contribution in [0.4, 0.5) is 11.9 Å². The fourth-order valence-electron chi connectivity index (χ4n) is 1.15. The molecule has 0 spiro atoms. The van der Waals surface area contributed by atoms with E-state index in [0.29, 0.717) is 9.21 Å². The molecular weight excluding hydrogens is 278 g/mol. The number of aromatic nitrogens is 3. The number of halogens is 1. The smallest absolute Gasteiger partial charge is 0.348 e. The summed E-state index contributed by atoms with van der Waals surface area (Å²) in [7, 11) is 0. The molecule has 94 valence electrons. The van der Waals surface area contributed by atoms with E-state index in [9.17, 15) is 4.79 Å². The molecule has 0 aromatic carbocycles. The number of anilines is 2. The fraction of sp³-hybridized carbons (Fsp3) is 0.111. The third-order valence-corrected chi connectivity index (χ3v) is 3.03. The Labute approximate surface area is 111 Å². The summed E-state index contributed by atoms with van der Waals surface area (Å²) in [4.78, 5) is 23.2. The summed E-state index contributed by atoms with van der Waals surface area (Å²) in [6.45, 7) is -0.134. The van der Waals surface area contributed by atoms with E-state index in [4.69, 9.17) is 27.8 Å². The minimum atomic E-state index is -0.510. The molecule has 0 atom stereocenters. The van der Waals surface area contributed by atoms with Crippen LogP contribution < -0.4 is 11.5 Å². The molecule has 0 amide bonds. The zero-order chi connectivity index (χ0) is 13.1. The van der Waals surface area contributed by atoms with Crippen molar-refractivity contribution in [1.82, 2.24) is 15.0 Å². The van der Waals surface area contributed by atoms with E-state index in [1.807, 2.05) is 0 Å². The highest BCUT2D eigenvalue weighted by molar-refractivity contribution is 7.17. The molecule has 2 aromatic heterocycles. The molecule has 0 aliphatic heterocycles. The molecule has 2 heterocycles. The first kappa shape index (κ1) is 12.5. The van der Waals surface area contributed by atoms with Crippen molar-refractivity contribution in [3.63, 3.8) is 0 Å². The maximum atomic E-state index is 11.6. The second-order valence-electron chi connectivity index (χ2n) is 3.15. The van der Waals surface area contributed by atoms with E-state index in [1.54, 1.807) is 12.1 Å². The van der Waals surface area contributed by atoms with E-state index in [2.05, 4.69) is 15.0 Å². The number of nitrogen functional groups attached to an aromatic ring is 2. The molecule has 18 heavy (non-hydrogen) atoms. The van der Waals surface area contributed by atoms with Gasteiger partial charge in [-0.1, -0.05) is 11.6 Å². The van der Waals surface area contributed by atoms with Crippen LogP contribution in [0.5, 0.6) is 0 Å². The number of rotatable bonds is 3. The lowest BCUT2D eigenvalue weighted by molar-refractivity contribution is 0.0468. The Kier molecular flexibility index (Phi) is 3.58. The monoisotopic (exact) mass is 285 g/mol. The van der Waals surface area contributed by atoms with Gasteiger partial charge in [-0.15, -0.1) is 11.3 Å². The minimum absolute atomic E-state index is 0.0206. The number of thiophene rings is 1. The van der Waals surface area contributed by atoms with Crippen molar-refractivity contribution in [3.8, 4) is 0 Å². The lowest BCUT2D eigenvalue weighted by Gasteiger charge is -2.03. The zero-order valence-electron chi connectivity index (χ0n) is 8.96. The van der Waals surface area contributed by atoms with Crippen molar-refractivity contribution < 1.29 is 9.53 Å². The minimum Gasteiger partial charge on any atom is -0.453 e. The zero-order valence-corrected chi connectivity index (χ0v) is 10.5. The van der Waals surface area contributed by atoms with Crippen LogP contribution in [0.15, 0.2) is 12.1 Å². The van der Waals surface area contributed by atoms with Gasteiger partial charge in [-0.3, -0.25) is 0 Å². The molecular formula is C9H8ClN5O2S. The predicted octanol–water partition coefficient (Wildman–Crippen LogP) is 1.11. The number of carbonyl (C=O) groups is 1. The van der Waals surface area contributed by atoms with E-state index in [1.165, 1.54) is 0 Å². The summed E-state index contributed by atoms with van der Waals surface area (Å²) in [5, 5.41) is 0. The predicted molar refractivity (Wildman–Crippen MR) is 67.1 cm³/mol. The lowest BCUT2D eigenvalue weighted by atomic mass is 10.5. The summed E-state index contributed by atoms with van der Waals surface area (Å²) in [5.41, 5.74) is 10.8. The van der Waals surface area contributed by atoms with Gasteiger partial charge in [-0.25, -0.2) is 4.79 Å². The number of ether oxygens (including phenoxy) is 1. The SMILES string of the molecule is Nc1nc(N)nc(COC(=O)c2ccc(Cl)s2)n1. The molecule has 2 rings (SSSR count). The van der Waals surface area contributed by atoms with Crippen LogP contribution in [0.2, 0.25) is 4.34 Å². The summed E-state index contributed by atoms with van der Waals surface area (Å²) < 4.78 is 5.50. The number of nitrogens with two attached hydrogens (primary N) is 2. The van der Waals surface area contributed by atoms with E-state index in [-0.39, 0.29) is 24.3 Å². The van der Waals surface area contributed by atoms with E-state index in [0.717, 1.165) is 11.3 Å². The Balaban J connectivity index is 2.01. The lowest BCUT2D eigenvalue weighted by Crippen LogP contribution is -2.10. The summed E-state index contributed by atoms with van der Waals surface area (Å²) >= 11 is 6.83. The molecule has 7 nitrogen and oxygen atoms in total. The molecule has 0 aliphatic carbocycles. The second kappa shape index (κ2) is 5.15. The van der Waals surface area contributed by atoms with Gasteiger partial charge in [0.15, 0.2) is 12.4 Å². The van der Waals surface area contributed by atoms with Crippen LogP contribution in [-0.4, -0.2) is 20.9 Å². The van der Waals surface area contributed by atoms with Gasteiger partial charge in [-0.2, -0.15) is 15.0 Å². The van der Waals surface area contributed by atoms with Gasteiger partial charge in [0.2, 0.25) is 11.9 Å². The number of nitrogens with zero attached hydrogens (tertiary/aromatic N) is 3. The van der Waals surface area contributed by atoms with Crippen molar-refractivity contribution in [1.29, 1.82) is 0 Å². The Morgan fingerprint density at radius 2 is 1.94 bits per heavy atom. The second-order valence-corrected chi connectivity index (χ2v) is 4.86. The Morgan fingerprint density at radius 3 is 2.50 bits per heavy atom. The average molecular weight is 286 g/mol. The average Bonchev–Trinajstić information content (AvgIpc) is 2.71. The van der Waals surface area contributed by atoms with Gasteiger partial charge in [-0.05, 0) is 12.1 Å². The van der Waals surface area contributed by atoms with E-state index < -0.39 is 5.97 Å². The van der Waals surface area contributed by atoms with Crippen LogP contribution in [0.25, 0.3) is 0 Å². The molecule has 0 saturated carbocycles. The maximum Gasteiger partial charge on any atom is 0.348 e. The van der Waals surface area contributed by atoms with Crippen LogP contribution in [0.3, 0.4) is 0 Å². The molecule has 0 radical (unpaired) electrons. The maximum absolute atomic E-state index is 11.6. The molecule has 0 saturated heterocycles. The first-order valence-electron chi connectivity index (χ1n) is 4.73. The highest BCUT2D eigenvalue weighted by Gasteiger charge is 2.11. The van der Waals surface area contributed by atoms with Crippen molar-refractivity contribution in [2.24, 2.45) is 0 Å². The Bertz CT molecular complexity index is 568. The van der Waals surface area contributed by atoms with Gasteiger partial charge < -0.3 is 16.2 Å². The third kappa shape index (κ3) is 3.05. The number of hydrogen-bond acceptors (Lipinski definition) is 8. The van der Waals surface area contributed by atoms with Crippen LogP contribution in [0.1, 0.15) is 15.5 Å². The van der Waals surface area contributed by atoms with Gasteiger partial charge in [0.05, 0.1) is 4.34 Å². The molecule has 0 aliphatic rings. The summed E-state index contributed by atoms with van der Waals surface area (Å²) in [5.74, 6) is -0.360. The van der Waals surface area contributed by atoms with Crippen molar-refractivity contribution in [3.05, 3.63) is 27.2 Å². The van der Waals surface area contributed by atoms with Crippen molar-refractivity contribution in [2.75, 3.05) is 11.5 Å². The standard InChI is InChI=1S/C9H8ClN5O2S/c10-5-2-1-4(18-5)7(16)17-3-6-13-8(11)15-9(12)14-6/h1-2H,3H2,(H4,11,12,13,14,15). The molecule has 0 bridgehead atoms. The van der Waals surface area contributed by atoms with Crippen LogP contribution in [-0.2, 0) is 11.3 Å². The third-order valence-electron chi connectivity index (χ3n) is 1.82. The number of carbonyl (C=O) groups excluding carboxylic acids is 1. The Hall–Kier alpha value is -1.93. The first-order valence-corrected chi connectivity index (χ1v) is 5.92. The summed E-state index contributed by atoms with van der Waals surface area (Å²) in [6, 6.07) is 3.19. The van der Waals surface area contributed by atoms with Gasteiger partial charge in [0, 0.05) is 0 Å². The number of hydrogen-bond donors (Lipinski definition) is 2. The quantitative estimate of drug-likeness (QED) is 0.811.